The van der Waals surface area contributed by atoms with Crippen LogP contribution in [0.3, 0.4) is 0 Å². The van der Waals surface area contributed by atoms with Gasteiger partial charge >= 0.3 is 0 Å². The van der Waals surface area contributed by atoms with Crippen LogP contribution in [0.4, 0.5) is 0 Å². The molecule has 1 aliphatic heterocycles. The third kappa shape index (κ3) is 4.35. The molecule has 1 heterocycles. The van der Waals surface area contributed by atoms with E-state index in [-0.39, 0.29) is 17.0 Å². The summed E-state index contributed by atoms with van der Waals surface area (Å²) in [4.78, 5) is 14.6. The van der Waals surface area contributed by atoms with Crippen LogP contribution in [0, 0.1) is 0 Å². The van der Waals surface area contributed by atoms with Gasteiger partial charge in [-0.15, -0.1) is 0 Å². The van der Waals surface area contributed by atoms with Crippen molar-refractivity contribution < 1.29 is 9.22 Å². The molecule has 4 nitrogen and oxygen atoms in total. The van der Waals surface area contributed by atoms with Gasteiger partial charge in [0.25, 0.3) is 5.91 Å². The van der Waals surface area contributed by atoms with Gasteiger partial charge in [-0.3, -0.25) is 4.79 Å². The maximum atomic E-state index is 12.7. The van der Waals surface area contributed by atoms with Crippen molar-refractivity contribution in [2.75, 3.05) is 13.1 Å². The minimum Gasteiger partial charge on any atom is -0.543 e. The van der Waals surface area contributed by atoms with Crippen molar-refractivity contribution in [3.8, 4) is 5.75 Å². The highest BCUT2D eigenvalue weighted by molar-refractivity contribution is 6.74. The highest BCUT2D eigenvalue weighted by Crippen LogP contribution is 2.37. The molecule has 2 rings (SSSR count). The summed E-state index contributed by atoms with van der Waals surface area (Å²) in [5, 5.41) is 0.135. The molecule has 0 saturated carbocycles. The normalized spacial score (nSPS) is 17.2. The largest absolute Gasteiger partial charge is 0.543 e. The van der Waals surface area contributed by atoms with Crippen LogP contribution in [0.25, 0.3) is 0 Å². The SMILES string of the molecule is CC(C)(C)[Si](C)(C)Oc1cccc(C(=O)N2CCC(N)CC2)c1. The maximum Gasteiger partial charge on any atom is 0.253 e. The van der Waals surface area contributed by atoms with Gasteiger partial charge in [0, 0.05) is 24.7 Å². The third-order valence-corrected chi connectivity index (χ3v) is 9.45. The molecule has 1 aliphatic rings. The number of amides is 1. The first-order valence-electron chi connectivity index (χ1n) is 8.44. The fourth-order valence-electron chi connectivity index (χ4n) is 2.43. The van der Waals surface area contributed by atoms with E-state index in [1.54, 1.807) is 0 Å². The van der Waals surface area contributed by atoms with Gasteiger partial charge in [0.05, 0.1) is 0 Å². The van der Waals surface area contributed by atoms with Crippen molar-refractivity contribution in [3.63, 3.8) is 0 Å². The van der Waals surface area contributed by atoms with E-state index in [4.69, 9.17) is 10.2 Å². The first-order chi connectivity index (χ1) is 10.6. The molecule has 1 fully saturated rings. The molecule has 1 aromatic rings. The number of benzene rings is 1. The number of carbonyl (C=O) groups excluding carboxylic acids is 1. The minimum atomic E-state index is -1.89. The molecule has 1 aromatic carbocycles. The Bertz CT molecular complexity index is 558. The zero-order chi connectivity index (χ0) is 17.3. The van der Waals surface area contributed by atoms with Crippen molar-refractivity contribution in [1.82, 2.24) is 4.90 Å². The summed E-state index contributed by atoms with van der Waals surface area (Å²) in [7, 11) is -1.89. The molecule has 0 atom stereocenters. The van der Waals surface area contributed by atoms with E-state index in [9.17, 15) is 4.79 Å². The van der Waals surface area contributed by atoms with E-state index < -0.39 is 8.32 Å². The van der Waals surface area contributed by atoms with Crippen LogP contribution in [-0.2, 0) is 0 Å². The number of hydrogen-bond acceptors (Lipinski definition) is 3. The molecule has 1 amide bonds. The number of piperidine rings is 1. The van der Waals surface area contributed by atoms with Crippen LogP contribution >= 0.6 is 0 Å². The fraction of sp³-hybridized carbons (Fsp3) is 0.611. The predicted octanol–water partition coefficient (Wildman–Crippen LogP) is 3.63. The summed E-state index contributed by atoms with van der Waals surface area (Å²) >= 11 is 0. The lowest BCUT2D eigenvalue weighted by atomic mass is 10.0. The summed E-state index contributed by atoms with van der Waals surface area (Å²) in [6.45, 7) is 12.6. The molecule has 23 heavy (non-hydrogen) atoms. The van der Waals surface area contributed by atoms with E-state index in [0.717, 1.165) is 31.7 Å². The van der Waals surface area contributed by atoms with Crippen LogP contribution in [0.5, 0.6) is 5.75 Å². The van der Waals surface area contributed by atoms with E-state index >= 15 is 0 Å². The Hall–Kier alpha value is -1.33. The molecule has 0 spiro atoms. The summed E-state index contributed by atoms with van der Waals surface area (Å²) < 4.78 is 6.31. The van der Waals surface area contributed by atoms with Gasteiger partial charge in [-0.05, 0) is 49.2 Å². The fourth-order valence-corrected chi connectivity index (χ4v) is 3.45. The molecular formula is C18H30N2O2Si. The first kappa shape index (κ1) is 18.0. The van der Waals surface area contributed by atoms with Gasteiger partial charge in [0.2, 0.25) is 8.32 Å². The van der Waals surface area contributed by atoms with Crippen LogP contribution in [0.1, 0.15) is 44.0 Å². The molecule has 5 heteroatoms. The van der Waals surface area contributed by atoms with Gasteiger partial charge in [-0.2, -0.15) is 0 Å². The molecule has 0 radical (unpaired) electrons. The predicted molar refractivity (Wildman–Crippen MR) is 97.4 cm³/mol. The van der Waals surface area contributed by atoms with Crippen molar-refractivity contribution in [3.05, 3.63) is 29.8 Å². The first-order valence-corrected chi connectivity index (χ1v) is 11.3. The molecular weight excluding hydrogens is 304 g/mol. The van der Waals surface area contributed by atoms with Crippen molar-refractivity contribution in [2.24, 2.45) is 5.73 Å². The summed E-state index contributed by atoms with van der Waals surface area (Å²) in [6.07, 6.45) is 1.76. The van der Waals surface area contributed by atoms with E-state index in [1.807, 2.05) is 29.2 Å². The Kier molecular flexibility index (Phi) is 5.21. The quantitative estimate of drug-likeness (QED) is 0.859. The lowest BCUT2D eigenvalue weighted by Gasteiger charge is -2.36. The number of rotatable bonds is 3. The van der Waals surface area contributed by atoms with Crippen LogP contribution < -0.4 is 10.2 Å². The minimum absolute atomic E-state index is 0.0811. The molecule has 1 saturated heterocycles. The topological polar surface area (TPSA) is 55.6 Å². The highest BCUT2D eigenvalue weighted by atomic mass is 28.4. The monoisotopic (exact) mass is 334 g/mol. The van der Waals surface area contributed by atoms with Crippen molar-refractivity contribution in [2.45, 2.75) is 57.8 Å². The Morgan fingerprint density at radius 3 is 2.43 bits per heavy atom. The summed E-state index contributed by atoms with van der Waals surface area (Å²) in [5.74, 6) is 0.883. The Morgan fingerprint density at radius 2 is 1.87 bits per heavy atom. The second kappa shape index (κ2) is 6.65. The summed E-state index contributed by atoms with van der Waals surface area (Å²) in [5.41, 5.74) is 6.62. The van der Waals surface area contributed by atoms with E-state index in [2.05, 4.69) is 33.9 Å². The van der Waals surface area contributed by atoms with Crippen LogP contribution in [0.2, 0.25) is 18.1 Å². The third-order valence-electron chi connectivity index (χ3n) is 5.09. The zero-order valence-electron chi connectivity index (χ0n) is 15.1. The van der Waals surface area contributed by atoms with Gasteiger partial charge in [0.1, 0.15) is 5.75 Å². The number of likely N-dealkylation sites (tertiary alicyclic amines) is 1. The Balaban J connectivity index is 2.12. The number of carbonyl (C=O) groups is 1. The molecule has 0 bridgehead atoms. The standard InChI is InChI=1S/C18H30N2O2Si/c1-18(2,3)23(4,5)22-16-8-6-7-14(13-16)17(21)20-11-9-15(19)10-12-20/h6-8,13,15H,9-12,19H2,1-5H3. The molecule has 0 aliphatic carbocycles. The second-order valence-electron chi connectivity index (χ2n) is 8.02. The lowest BCUT2D eigenvalue weighted by Crippen LogP contribution is -2.44. The number of nitrogens with two attached hydrogens (primary N) is 1. The molecule has 0 unspecified atom stereocenters. The number of nitrogens with zero attached hydrogens (tertiary/aromatic N) is 1. The van der Waals surface area contributed by atoms with Crippen molar-refractivity contribution >= 4 is 14.2 Å². The zero-order valence-corrected chi connectivity index (χ0v) is 16.1. The second-order valence-corrected chi connectivity index (χ2v) is 12.7. The Labute approximate surface area is 141 Å². The number of hydrogen-bond donors (Lipinski definition) is 1. The van der Waals surface area contributed by atoms with Gasteiger partial charge in [0.15, 0.2) is 0 Å². The summed E-state index contributed by atoms with van der Waals surface area (Å²) in [6, 6.07) is 7.84. The van der Waals surface area contributed by atoms with Crippen LogP contribution in [-0.4, -0.2) is 38.3 Å². The molecule has 2 N–H and O–H groups in total. The van der Waals surface area contributed by atoms with E-state index in [1.165, 1.54) is 0 Å². The Morgan fingerprint density at radius 1 is 1.26 bits per heavy atom. The molecule has 128 valence electrons. The highest BCUT2D eigenvalue weighted by Gasteiger charge is 2.39. The van der Waals surface area contributed by atoms with Gasteiger partial charge in [-0.1, -0.05) is 26.8 Å². The lowest BCUT2D eigenvalue weighted by molar-refractivity contribution is 0.0714. The van der Waals surface area contributed by atoms with Gasteiger partial charge < -0.3 is 15.1 Å². The van der Waals surface area contributed by atoms with Crippen molar-refractivity contribution in [1.29, 1.82) is 0 Å². The molecule has 0 aromatic heterocycles. The van der Waals surface area contributed by atoms with Crippen LogP contribution in [0.15, 0.2) is 24.3 Å². The van der Waals surface area contributed by atoms with Gasteiger partial charge in [-0.25, -0.2) is 0 Å². The average molecular weight is 335 g/mol. The average Bonchev–Trinajstić information content (AvgIpc) is 2.46. The van der Waals surface area contributed by atoms with E-state index in [0.29, 0.717) is 5.56 Å². The smallest absolute Gasteiger partial charge is 0.253 e. The maximum absolute atomic E-state index is 12.7.